The van der Waals surface area contributed by atoms with E-state index in [-0.39, 0.29) is 11.9 Å². The Bertz CT molecular complexity index is 1530. The highest BCUT2D eigenvalue weighted by atomic mass is 16.2. The topological polar surface area (TPSA) is 113 Å². The maximum absolute atomic E-state index is 13.3. The van der Waals surface area contributed by atoms with E-state index in [0.29, 0.717) is 29.8 Å². The van der Waals surface area contributed by atoms with Gasteiger partial charge in [0.05, 0.1) is 30.4 Å². The molecule has 1 aliphatic heterocycles. The molecule has 3 aromatic heterocycles. The monoisotopic (exact) mass is 560 g/mol. The van der Waals surface area contributed by atoms with E-state index in [9.17, 15) is 10.1 Å². The van der Waals surface area contributed by atoms with E-state index < -0.39 is 0 Å². The summed E-state index contributed by atoms with van der Waals surface area (Å²) < 4.78 is 1.94. The number of nitrogens with one attached hydrogen (secondary N) is 1. The van der Waals surface area contributed by atoms with Gasteiger partial charge < -0.3 is 10.2 Å². The lowest BCUT2D eigenvalue weighted by Gasteiger charge is -2.32. The molecule has 4 aromatic rings. The molecule has 2 fully saturated rings. The Labute approximate surface area is 246 Å². The van der Waals surface area contributed by atoms with Crippen molar-refractivity contribution in [3.63, 3.8) is 0 Å². The summed E-state index contributed by atoms with van der Waals surface area (Å²) in [5.41, 5.74) is 4.31. The lowest BCUT2D eigenvalue weighted by molar-refractivity contribution is 0.0690. The Hall–Kier alpha value is -4.58. The Balaban J connectivity index is 1.09. The number of anilines is 2. The van der Waals surface area contributed by atoms with Crippen LogP contribution in [0.4, 0.5) is 11.6 Å². The van der Waals surface area contributed by atoms with Crippen molar-refractivity contribution < 1.29 is 4.79 Å². The number of nitrogens with zero attached hydrogens (tertiary/aromatic N) is 7. The van der Waals surface area contributed by atoms with Crippen molar-refractivity contribution >= 4 is 17.5 Å². The van der Waals surface area contributed by atoms with E-state index in [4.69, 9.17) is 4.98 Å². The fourth-order valence-corrected chi connectivity index (χ4v) is 6.38. The minimum Gasteiger partial charge on any atom is -0.339 e. The lowest BCUT2D eigenvalue weighted by Crippen LogP contribution is -2.38. The average Bonchev–Trinajstić information content (AvgIpc) is 3.74. The molecule has 9 heteroatoms. The number of pyridine rings is 1. The second-order valence-electron chi connectivity index (χ2n) is 11.5. The van der Waals surface area contributed by atoms with Crippen LogP contribution in [0.25, 0.3) is 11.3 Å². The molecule has 1 atom stereocenters. The molecule has 0 radical (unpaired) electrons. The number of hydrogen-bond donors (Lipinski definition) is 1. The zero-order valence-electron chi connectivity index (χ0n) is 23.8. The van der Waals surface area contributed by atoms with Gasteiger partial charge in [-0.15, -0.1) is 0 Å². The van der Waals surface area contributed by atoms with Crippen molar-refractivity contribution in [1.82, 2.24) is 29.6 Å². The van der Waals surface area contributed by atoms with Crippen LogP contribution in [-0.2, 0) is 6.42 Å². The highest BCUT2D eigenvalue weighted by molar-refractivity contribution is 5.95. The number of aromatic nitrogens is 5. The number of likely N-dealkylation sites (tertiary alicyclic amines) is 1. The molecule has 1 saturated carbocycles. The molecular formula is C33H36N8O. The minimum atomic E-state index is 0.0507. The molecule has 1 N–H and O–H groups in total. The fourth-order valence-electron chi connectivity index (χ4n) is 6.38. The summed E-state index contributed by atoms with van der Waals surface area (Å²) >= 11 is 0. The van der Waals surface area contributed by atoms with Gasteiger partial charge in [0.1, 0.15) is 0 Å². The van der Waals surface area contributed by atoms with Gasteiger partial charge in [0, 0.05) is 54.7 Å². The van der Waals surface area contributed by atoms with Gasteiger partial charge in [-0.1, -0.05) is 25.0 Å². The number of rotatable bonds is 9. The molecule has 2 aliphatic rings. The number of nitriles is 1. The van der Waals surface area contributed by atoms with Crippen LogP contribution in [0.15, 0.2) is 73.4 Å². The second-order valence-corrected chi connectivity index (χ2v) is 11.5. The van der Waals surface area contributed by atoms with Crippen molar-refractivity contribution in [1.29, 1.82) is 5.26 Å². The third-order valence-corrected chi connectivity index (χ3v) is 8.65. The summed E-state index contributed by atoms with van der Waals surface area (Å²) in [7, 11) is 0. The van der Waals surface area contributed by atoms with Crippen molar-refractivity contribution in [2.45, 2.75) is 57.4 Å². The SMILES string of the molecule is N#CCC(C1CCCC1)n1cc(-c2ccnc(Nc3cccc(C(=O)N4CCC(Cc5cccnc5)CC4)c3)n2)cn1. The van der Waals surface area contributed by atoms with Gasteiger partial charge in [0.15, 0.2) is 0 Å². The standard InChI is InChI=1S/C33H36N8O/c34-14-10-31(26-6-1-2-7-26)41-23-28(22-37-41)30-11-16-36-33(39-30)38-29-9-3-8-27(20-29)32(42)40-17-12-24(13-18-40)19-25-5-4-15-35-21-25/h3-5,8-9,11,15-16,20-24,26,31H,1-2,6-7,10,12-13,17-19H2,(H,36,38,39). The molecule has 1 aromatic carbocycles. The molecule has 0 bridgehead atoms. The van der Waals surface area contributed by atoms with Gasteiger partial charge in [-0.3, -0.25) is 14.5 Å². The van der Waals surface area contributed by atoms with Crippen molar-refractivity contribution in [3.05, 3.63) is 84.6 Å². The number of amides is 1. The Morgan fingerprint density at radius 2 is 1.90 bits per heavy atom. The number of benzene rings is 1. The summed E-state index contributed by atoms with van der Waals surface area (Å²) in [5.74, 6) is 1.57. The smallest absolute Gasteiger partial charge is 0.253 e. The third-order valence-electron chi connectivity index (χ3n) is 8.65. The molecule has 1 saturated heterocycles. The molecule has 1 aliphatic carbocycles. The largest absolute Gasteiger partial charge is 0.339 e. The fraction of sp³-hybridized carbons (Fsp3) is 0.394. The maximum Gasteiger partial charge on any atom is 0.253 e. The van der Waals surface area contributed by atoms with E-state index in [0.717, 1.165) is 62.1 Å². The molecule has 1 unspecified atom stereocenters. The van der Waals surface area contributed by atoms with Crippen molar-refractivity contribution in [2.24, 2.45) is 11.8 Å². The Morgan fingerprint density at radius 1 is 1.05 bits per heavy atom. The summed E-state index contributed by atoms with van der Waals surface area (Å²) in [6.07, 6.45) is 17.5. The van der Waals surface area contributed by atoms with E-state index in [1.807, 2.05) is 64.6 Å². The summed E-state index contributed by atoms with van der Waals surface area (Å²) in [4.78, 5) is 28.6. The number of piperidine rings is 1. The zero-order chi connectivity index (χ0) is 28.7. The summed E-state index contributed by atoms with van der Waals surface area (Å²) in [5, 5.41) is 17.3. The maximum atomic E-state index is 13.3. The Kier molecular flexibility index (Phi) is 8.50. The lowest BCUT2D eigenvalue weighted by atomic mass is 9.90. The molecule has 0 spiro atoms. The number of carbonyl (C=O) groups is 1. The molecular weight excluding hydrogens is 524 g/mol. The van der Waals surface area contributed by atoms with Gasteiger partial charge >= 0.3 is 0 Å². The van der Waals surface area contributed by atoms with E-state index >= 15 is 0 Å². The van der Waals surface area contributed by atoms with Gasteiger partial charge in [0.25, 0.3) is 5.91 Å². The number of hydrogen-bond acceptors (Lipinski definition) is 7. The molecule has 1 amide bonds. The van der Waals surface area contributed by atoms with Crippen molar-refractivity contribution in [2.75, 3.05) is 18.4 Å². The average molecular weight is 561 g/mol. The minimum absolute atomic E-state index is 0.0507. The van der Waals surface area contributed by atoms with Crippen LogP contribution in [0.1, 0.15) is 66.9 Å². The van der Waals surface area contributed by atoms with Gasteiger partial charge in [-0.05, 0) is 79.8 Å². The number of carbonyl (C=O) groups excluding carboxylic acids is 1. The third kappa shape index (κ3) is 6.49. The van der Waals surface area contributed by atoms with Gasteiger partial charge in [0.2, 0.25) is 5.95 Å². The highest BCUT2D eigenvalue weighted by Gasteiger charge is 2.27. The van der Waals surface area contributed by atoms with Crippen LogP contribution in [0.2, 0.25) is 0 Å². The van der Waals surface area contributed by atoms with Crippen LogP contribution in [0.3, 0.4) is 0 Å². The predicted molar refractivity (Wildman–Crippen MR) is 161 cm³/mol. The first-order chi connectivity index (χ1) is 20.7. The Morgan fingerprint density at radius 3 is 2.69 bits per heavy atom. The first-order valence-corrected chi connectivity index (χ1v) is 15.0. The molecule has 6 rings (SSSR count). The van der Waals surface area contributed by atoms with Crippen LogP contribution >= 0.6 is 0 Å². The quantitative estimate of drug-likeness (QED) is 0.259. The first kappa shape index (κ1) is 27.6. The predicted octanol–water partition coefficient (Wildman–Crippen LogP) is 6.22. The van der Waals surface area contributed by atoms with Crippen molar-refractivity contribution in [3.8, 4) is 17.3 Å². The normalized spacial score (nSPS) is 16.7. The second kappa shape index (κ2) is 12.9. The van der Waals surface area contributed by atoms with E-state index in [1.165, 1.54) is 18.4 Å². The van der Waals surface area contributed by atoms with Crippen LogP contribution in [-0.4, -0.2) is 48.6 Å². The van der Waals surface area contributed by atoms with E-state index in [1.54, 1.807) is 12.4 Å². The van der Waals surface area contributed by atoms with E-state index in [2.05, 4.69) is 32.5 Å². The van der Waals surface area contributed by atoms with Crippen LogP contribution < -0.4 is 5.32 Å². The molecule has 214 valence electrons. The molecule has 4 heterocycles. The summed E-state index contributed by atoms with van der Waals surface area (Å²) in [6, 6.07) is 15.9. The molecule has 42 heavy (non-hydrogen) atoms. The van der Waals surface area contributed by atoms with Gasteiger partial charge in [-0.25, -0.2) is 9.97 Å². The van der Waals surface area contributed by atoms with Crippen LogP contribution in [0.5, 0.6) is 0 Å². The zero-order valence-corrected chi connectivity index (χ0v) is 23.8. The summed E-state index contributed by atoms with van der Waals surface area (Å²) in [6.45, 7) is 1.52. The van der Waals surface area contributed by atoms with Crippen LogP contribution in [0, 0.1) is 23.2 Å². The first-order valence-electron chi connectivity index (χ1n) is 15.0. The van der Waals surface area contributed by atoms with Gasteiger partial charge in [-0.2, -0.15) is 10.4 Å². The highest BCUT2D eigenvalue weighted by Crippen LogP contribution is 2.36. The molecule has 9 nitrogen and oxygen atoms in total.